The molecule has 1 N–H and O–H groups in total. The number of hydrogen-bond acceptors (Lipinski definition) is 3. The lowest BCUT2D eigenvalue weighted by Crippen LogP contribution is -2.52. The molecule has 3 atom stereocenters. The molecule has 1 aromatic carbocycles. The Hall–Kier alpha value is -2.04. The molecule has 128 valence electrons. The normalized spacial score (nSPS) is 29.1. The summed E-state index contributed by atoms with van der Waals surface area (Å²) in [6.45, 7) is 2.39. The Balaban J connectivity index is 1.35. The molecule has 0 spiro atoms. The first-order valence-corrected chi connectivity index (χ1v) is 8.99. The molecule has 2 amide bonds. The van der Waals surface area contributed by atoms with Crippen molar-refractivity contribution in [1.82, 2.24) is 9.80 Å². The monoisotopic (exact) mass is 328 g/mol. The summed E-state index contributed by atoms with van der Waals surface area (Å²) >= 11 is 0. The Morgan fingerprint density at radius 1 is 1.00 bits per heavy atom. The average Bonchev–Trinajstić information content (AvgIpc) is 3.24. The van der Waals surface area contributed by atoms with Gasteiger partial charge in [0, 0.05) is 37.7 Å². The number of amides is 2. The van der Waals surface area contributed by atoms with E-state index in [4.69, 9.17) is 0 Å². The molecule has 1 aliphatic heterocycles. The van der Waals surface area contributed by atoms with Crippen molar-refractivity contribution in [2.75, 3.05) is 26.2 Å². The second-order valence-electron chi connectivity index (χ2n) is 7.45. The van der Waals surface area contributed by atoms with Crippen LogP contribution in [0.4, 0.5) is 0 Å². The molecule has 5 heteroatoms. The molecule has 1 saturated heterocycles. The van der Waals surface area contributed by atoms with E-state index in [-0.39, 0.29) is 17.6 Å². The van der Waals surface area contributed by atoms with Gasteiger partial charge in [0.15, 0.2) is 0 Å². The second-order valence-corrected chi connectivity index (χ2v) is 7.45. The van der Waals surface area contributed by atoms with Gasteiger partial charge in [-0.15, -0.1) is 0 Å². The van der Waals surface area contributed by atoms with Gasteiger partial charge in [-0.1, -0.05) is 12.5 Å². The number of fused-ring (bicyclic) bond motifs is 2. The highest BCUT2D eigenvalue weighted by molar-refractivity contribution is 5.94. The van der Waals surface area contributed by atoms with Gasteiger partial charge >= 0.3 is 0 Å². The minimum atomic E-state index is -0.0714. The Labute approximate surface area is 142 Å². The first-order chi connectivity index (χ1) is 11.6. The van der Waals surface area contributed by atoms with Crippen molar-refractivity contribution in [2.24, 2.45) is 17.8 Å². The third-order valence-electron chi connectivity index (χ3n) is 6.03. The van der Waals surface area contributed by atoms with Crippen LogP contribution in [0.25, 0.3) is 0 Å². The predicted molar refractivity (Wildman–Crippen MR) is 89.5 cm³/mol. The smallest absolute Gasteiger partial charge is 0.254 e. The molecule has 1 aromatic rings. The first kappa shape index (κ1) is 15.5. The number of carbonyl (C=O) groups is 2. The molecular weight excluding hydrogens is 304 g/mol. The summed E-state index contributed by atoms with van der Waals surface area (Å²) in [6, 6.07) is 6.45. The van der Waals surface area contributed by atoms with Crippen LogP contribution >= 0.6 is 0 Å². The Bertz CT molecular complexity index is 652. The van der Waals surface area contributed by atoms with Gasteiger partial charge < -0.3 is 14.9 Å². The lowest BCUT2D eigenvalue weighted by Gasteiger charge is -2.37. The molecule has 3 aliphatic rings. The zero-order valence-corrected chi connectivity index (χ0v) is 13.9. The number of carbonyl (C=O) groups excluding carboxylic acids is 2. The number of hydrogen-bond donors (Lipinski definition) is 1. The minimum Gasteiger partial charge on any atom is -0.508 e. The van der Waals surface area contributed by atoms with E-state index in [0.717, 1.165) is 12.3 Å². The minimum absolute atomic E-state index is 0.0714. The predicted octanol–water partition coefficient (Wildman–Crippen LogP) is 2.11. The van der Waals surface area contributed by atoms with E-state index in [2.05, 4.69) is 0 Å². The van der Waals surface area contributed by atoms with Crippen molar-refractivity contribution in [2.45, 2.75) is 25.7 Å². The Kier molecular flexibility index (Phi) is 3.94. The zero-order valence-electron chi connectivity index (χ0n) is 13.9. The van der Waals surface area contributed by atoms with Crippen LogP contribution in [-0.4, -0.2) is 52.9 Å². The maximum atomic E-state index is 12.8. The SMILES string of the molecule is O=C(c1cccc(O)c1)N1CCN(C(=O)[C@H]2C[C@H]3CC[C@H]2C3)CC1. The number of nitrogens with zero attached hydrogens (tertiary/aromatic N) is 2. The summed E-state index contributed by atoms with van der Waals surface area (Å²) in [5, 5.41) is 9.52. The number of piperazine rings is 1. The summed E-state index contributed by atoms with van der Waals surface area (Å²) < 4.78 is 0. The van der Waals surface area contributed by atoms with Crippen molar-refractivity contribution in [3.8, 4) is 5.75 Å². The van der Waals surface area contributed by atoms with Crippen LogP contribution in [0, 0.1) is 17.8 Å². The van der Waals surface area contributed by atoms with Crippen LogP contribution in [0.5, 0.6) is 5.75 Å². The first-order valence-electron chi connectivity index (χ1n) is 8.99. The van der Waals surface area contributed by atoms with Crippen molar-refractivity contribution in [3.05, 3.63) is 29.8 Å². The quantitative estimate of drug-likeness (QED) is 0.904. The summed E-state index contributed by atoms with van der Waals surface area (Å²) in [6.07, 6.45) is 4.84. The molecular formula is C19H24N2O3. The van der Waals surface area contributed by atoms with Gasteiger partial charge in [0.05, 0.1) is 0 Å². The summed E-state index contributed by atoms with van der Waals surface area (Å²) in [5.41, 5.74) is 0.503. The highest BCUT2D eigenvalue weighted by atomic mass is 16.3. The molecule has 2 aliphatic carbocycles. The molecule has 24 heavy (non-hydrogen) atoms. The number of benzene rings is 1. The lowest BCUT2D eigenvalue weighted by molar-refractivity contribution is -0.138. The molecule has 0 unspecified atom stereocenters. The van der Waals surface area contributed by atoms with Gasteiger partial charge in [0.1, 0.15) is 5.75 Å². The number of rotatable bonds is 2. The molecule has 2 saturated carbocycles. The second kappa shape index (κ2) is 6.11. The summed E-state index contributed by atoms with van der Waals surface area (Å²) in [4.78, 5) is 29.0. The van der Waals surface area contributed by atoms with Crippen LogP contribution in [0.3, 0.4) is 0 Å². The van der Waals surface area contributed by atoms with E-state index in [9.17, 15) is 14.7 Å². The van der Waals surface area contributed by atoms with E-state index in [1.807, 2.05) is 4.90 Å². The third kappa shape index (κ3) is 2.76. The highest BCUT2D eigenvalue weighted by Crippen LogP contribution is 2.48. The van der Waals surface area contributed by atoms with Gasteiger partial charge in [-0.2, -0.15) is 0 Å². The number of phenolic OH excluding ortho intramolecular Hbond substituents is 1. The molecule has 1 heterocycles. The fraction of sp³-hybridized carbons (Fsp3) is 0.579. The largest absolute Gasteiger partial charge is 0.508 e. The standard InChI is InChI=1S/C19H24N2O3/c22-16-3-1-2-15(12-16)18(23)20-6-8-21(9-7-20)19(24)17-11-13-4-5-14(17)10-13/h1-3,12-14,17,22H,4-11H2/t13-,14-,17-/m0/s1. The van der Waals surface area contributed by atoms with Gasteiger partial charge in [-0.25, -0.2) is 0 Å². The molecule has 5 nitrogen and oxygen atoms in total. The van der Waals surface area contributed by atoms with Crippen molar-refractivity contribution >= 4 is 11.8 Å². The summed E-state index contributed by atoms with van der Waals surface area (Å²) in [7, 11) is 0. The van der Waals surface area contributed by atoms with E-state index >= 15 is 0 Å². The maximum absolute atomic E-state index is 12.8. The summed E-state index contributed by atoms with van der Waals surface area (Å²) in [5.74, 6) is 1.96. The topological polar surface area (TPSA) is 60.9 Å². The highest BCUT2D eigenvalue weighted by Gasteiger charge is 2.44. The van der Waals surface area contributed by atoms with E-state index in [1.165, 1.54) is 25.3 Å². The molecule has 4 rings (SSSR count). The molecule has 2 bridgehead atoms. The van der Waals surface area contributed by atoms with Crippen LogP contribution < -0.4 is 0 Å². The van der Waals surface area contributed by atoms with Crippen LogP contribution in [0.1, 0.15) is 36.0 Å². The average molecular weight is 328 g/mol. The maximum Gasteiger partial charge on any atom is 0.254 e. The van der Waals surface area contributed by atoms with Crippen LogP contribution in [-0.2, 0) is 4.79 Å². The van der Waals surface area contributed by atoms with Gasteiger partial charge in [0.2, 0.25) is 5.91 Å². The van der Waals surface area contributed by atoms with Gasteiger partial charge in [-0.05, 0) is 49.3 Å². The molecule has 0 radical (unpaired) electrons. The zero-order chi connectivity index (χ0) is 16.7. The molecule has 3 fully saturated rings. The van der Waals surface area contributed by atoms with Crippen LogP contribution in [0.2, 0.25) is 0 Å². The number of phenols is 1. The van der Waals surface area contributed by atoms with E-state index in [0.29, 0.717) is 43.6 Å². The van der Waals surface area contributed by atoms with Crippen molar-refractivity contribution in [3.63, 3.8) is 0 Å². The van der Waals surface area contributed by atoms with E-state index < -0.39 is 0 Å². The van der Waals surface area contributed by atoms with Crippen molar-refractivity contribution in [1.29, 1.82) is 0 Å². The fourth-order valence-electron chi connectivity index (χ4n) is 4.73. The third-order valence-corrected chi connectivity index (χ3v) is 6.03. The van der Waals surface area contributed by atoms with Gasteiger partial charge in [0.25, 0.3) is 5.91 Å². The lowest BCUT2D eigenvalue weighted by atomic mass is 9.87. The van der Waals surface area contributed by atoms with Crippen LogP contribution in [0.15, 0.2) is 24.3 Å². The van der Waals surface area contributed by atoms with Crippen molar-refractivity contribution < 1.29 is 14.7 Å². The fourth-order valence-corrected chi connectivity index (χ4v) is 4.73. The Morgan fingerprint density at radius 3 is 2.38 bits per heavy atom. The molecule has 0 aromatic heterocycles. The van der Waals surface area contributed by atoms with E-state index in [1.54, 1.807) is 23.1 Å². The number of aromatic hydroxyl groups is 1. The Morgan fingerprint density at radius 2 is 1.75 bits per heavy atom. The van der Waals surface area contributed by atoms with Gasteiger partial charge in [-0.3, -0.25) is 9.59 Å².